The van der Waals surface area contributed by atoms with Crippen LogP contribution in [0.4, 0.5) is 0 Å². The number of hydrogen-bond acceptors (Lipinski definition) is 0. The summed E-state index contributed by atoms with van der Waals surface area (Å²) < 4.78 is 0. The fourth-order valence-corrected chi connectivity index (χ4v) is 4.54. The minimum atomic E-state index is 0.822. The van der Waals surface area contributed by atoms with Crippen molar-refractivity contribution in [2.75, 3.05) is 0 Å². The molecule has 3 rings (SSSR count). The molecule has 0 amide bonds. The van der Waals surface area contributed by atoms with Gasteiger partial charge in [0.05, 0.1) is 0 Å². The topological polar surface area (TPSA) is 0 Å². The van der Waals surface area contributed by atoms with Crippen LogP contribution in [0.5, 0.6) is 0 Å². The average molecular weight is 242 g/mol. The van der Waals surface area contributed by atoms with Crippen LogP contribution in [-0.4, -0.2) is 0 Å². The Morgan fingerprint density at radius 1 is 1.22 bits per heavy atom. The molecule has 0 aromatic heterocycles. The summed E-state index contributed by atoms with van der Waals surface area (Å²) >= 11 is 0. The van der Waals surface area contributed by atoms with Crippen molar-refractivity contribution in [1.82, 2.24) is 0 Å². The summed E-state index contributed by atoms with van der Waals surface area (Å²) in [6.45, 7) is 7.04. The molecule has 1 fully saturated rings. The number of allylic oxidation sites excluding steroid dienone is 6. The third kappa shape index (κ3) is 2.00. The number of fused-ring (bicyclic) bond motifs is 3. The smallest absolute Gasteiger partial charge is 0.0133 e. The highest BCUT2D eigenvalue weighted by Crippen LogP contribution is 2.50. The molecule has 0 aromatic carbocycles. The molecular formula is C18H26. The van der Waals surface area contributed by atoms with Crippen LogP contribution < -0.4 is 0 Å². The van der Waals surface area contributed by atoms with Crippen molar-refractivity contribution in [2.24, 2.45) is 29.6 Å². The van der Waals surface area contributed by atoms with Crippen LogP contribution in [0.2, 0.25) is 0 Å². The quantitative estimate of drug-likeness (QED) is 0.559. The Balaban J connectivity index is 1.88. The summed E-state index contributed by atoms with van der Waals surface area (Å²) in [5, 5.41) is 0. The van der Waals surface area contributed by atoms with Crippen LogP contribution in [0.25, 0.3) is 0 Å². The molecule has 0 radical (unpaired) electrons. The lowest BCUT2D eigenvalue weighted by molar-refractivity contribution is 0.105. The highest BCUT2D eigenvalue weighted by atomic mass is 14.5. The maximum atomic E-state index is 2.65. The molecule has 5 atom stereocenters. The van der Waals surface area contributed by atoms with E-state index in [-0.39, 0.29) is 0 Å². The molecule has 0 aliphatic heterocycles. The van der Waals surface area contributed by atoms with Crippen molar-refractivity contribution in [3.63, 3.8) is 0 Å². The van der Waals surface area contributed by atoms with Gasteiger partial charge in [0, 0.05) is 0 Å². The zero-order valence-electron chi connectivity index (χ0n) is 12.0. The fraction of sp³-hybridized carbons (Fsp3) is 0.667. The first-order valence-corrected chi connectivity index (χ1v) is 7.75. The summed E-state index contributed by atoms with van der Waals surface area (Å²) in [4.78, 5) is 0. The standard InChI is InChI=1S/C18H26/c1-4-14-6-8-17-16-7-5-12(2)9-15(16)10-13(3)18(17)11-14/h5,7,9,11,13,15-18H,4,6,8,10H2,1-3H3. The lowest BCUT2D eigenvalue weighted by Gasteiger charge is -2.47. The van der Waals surface area contributed by atoms with Gasteiger partial charge in [-0.2, -0.15) is 0 Å². The van der Waals surface area contributed by atoms with Crippen molar-refractivity contribution in [2.45, 2.75) is 46.5 Å². The van der Waals surface area contributed by atoms with Gasteiger partial charge in [-0.1, -0.05) is 49.3 Å². The van der Waals surface area contributed by atoms with Crippen LogP contribution >= 0.6 is 0 Å². The molecule has 0 aromatic rings. The van der Waals surface area contributed by atoms with Gasteiger partial charge < -0.3 is 0 Å². The minimum Gasteiger partial charge on any atom is -0.0817 e. The number of hydrogen-bond donors (Lipinski definition) is 0. The molecule has 3 aliphatic rings. The van der Waals surface area contributed by atoms with E-state index in [9.17, 15) is 0 Å². The van der Waals surface area contributed by atoms with Gasteiger partial charge in [0.25, 0.3) is 0 Å². The van der Waals surface area contributed by atoms with Crippen LogP contribution in [-0.2, 0) is 0 Å². The molecule has 0 N–H and O–H groups in total. The lowest BCUT2D eigenvalue weighted by Crippen LogP contribution is -2.39. The van der Waals surface area contributed by atoms with E-state index in [1.165, 1.54) is 31.3 Å². The van der Waals surface area contributed by atoms with E-state index in [0.29, 0.717) is 0 Å². The van der Waals surface area contributed by atoms with Gasteiger partial charge in [0.15, 0.2) is 0 Å². The fourth-order valence-electron chi connectivity index (χ4n) is 4.54. The Kier molecular flexibility index (Phi) is 3.21. The zero-order chi connectivity index (χ0) is 12.7. The predicted molar refractivity (Wildman–Crippen MR) is 78.2 cm³/mol. The van der Waals surface area contributed by atoms with Gasteiger partial charge in [-0.15, -0.1) is 0 Å². The van der Waals surface area contributed by atoms with Gasteiger partial charge in [-0.3, -0.25) is 0 Å². The van der Waals surface area contributed by atoms with Crippen molar-refractivity contribution < 1.29 is 0 Å². The monoisotopic (exact) mass is 242 g/mol. The van der Waals surface area contributed by atoms with E-state index in [0.717, 1.165) is 29.6 Å². The van der Waals surface area contributed by atoms with Gasteiger partial charge in [-0.05, 0) is 62.2 Å². The Morgan fingerprint density at radius 2 is 2.06 bits per heavy atom. The SMILES string of the molecule is CCC1=CC2C(C)CC3C=C(C)C=CC3C2CC1. The minimum absolute atomic E-state index is 0.822. The molecule has 0 saturated heterocycles. The summed E-state index contributed by atoms with van der Waals surface area (Å²) in [6.07, 6.45) is 15.5. The van der Waals surface area contributed by atoms with Gasteiger partial charge in [-0.25, -0.2) is 0 Å². The van der Waals surface area contributed by atoms with Crippen LogP contribution in [0.1, 0.15) is 46.5 Å². The number of rotatable bonds is 1. The van der Waals surface area contributed by atoms with Crippen molar-refractivity contribution in [3.8, 4) is 0 Å². The average Bonchev–Trinajstić information content (AvgIpc) is 2.38. The van der Waals surface area contributed by atoms with E-state index in [1.54, 1.807) is 5.57 Å². The Hall–Kier alpha value is -0.780. The highest BCUT2D eigenvalue weighted by molar-refractivity contribution is 5.27. The molecule has 18 heavy (non-hydrogen) atoms. The summed E-state index contributed by atoms with van der Waals surface area (Å²) in [5.74, 6) is 4.28. The summed E-state index contributed by atoms with van der Waals surface area (Å²) in [5.41, 5.74) is 3.19. The summed E-state index contributed by atoms with van der Waals surface area (Å²) in [6, 6.07) is 0. The third-order valence-corrected chi connectivity index (χ3v) is 5.52. The molecule has 0 spiro atoms. The Labute approximate surface area is 112 Å². The second-order valence-corrected chi connectivity index (χ2v) is 6.68. The second kappa shape index (κ2) is 4.72. The molecule has 5 unspecified atom stereocenters. The molecule has 0 bridgehead atoms. The normalized spacial score (nSPS) is 42.7. The molecule has 0 nitrogen and oxygen atoms in total. The molecule has 1 saturated carbocycles. The first kappa shape index (κ1) is 12.3. The summed E-state index contributed by atoms with van der Waals surface area (Å²) in [7, 11) is 0. The molecule has 98 valence electrons. The van der Waals surface area contributed by atoms with Crippen LogP contribution in [0.15, 0.2) is 35.5 Å². The lowest BCUT2D eigenvalue weighted by atomic mass is 9.57. The second-order valence-electron chi connectivity index (χ2n) is 6.68. The first-order chi connectivity index (χ1) is 8.69. The molecule has 0 heterocycles. The van der Waals surface area contributed by atoms with E-state index in [2.05, 4.69) is 45.1 Å². The van der Waals surface area contributed by atoms with Crippen LogP contribution in [0.3, 0.4) is 0 Å². The van der Waals surface area contributed by atoms with E-state index in [4.69, 9.17) is 0 Å². The predicted octanol–water partition coefficient (Wildman–Crippen LogP) is 5.14. The van der Waals surface area contributed by atoms with Crippen molar-refractivity contribution in [1.29, 1.82) is 0 Å². The van der Waals surface area contributed by atoms with E-state index < -0.39 is 0 Å². The molecule has 3 aliphatic carbocycles. The van der Waals surface area contributed by atoms with Gasteiger partial charge in [0.2, 0.25) is 0 Å². The Bertz CT molecular complexity index is 410. The van der Waals surface area contributed by atoms with E-state index >= 15 is 0 Å². The van der Waals surface area contributed by atoms with Gasteiger partial charge in [0.1, 0.15) is 0 Å². The largest absolute Gasteiger partial charge is 0.0817 e. The maximum Gasteiger partial charge on any atom is -0.0133 e. The molecule has 0 heteroatoms. The zero-order valence-corrected chi connectivity index (χ0v) is 12.0. The van der Waals surface area contributed by atoms with Crippen molar-refractivity contribution >= 4 is 0 Å². The maximum absolute atomic E-state index is 2.65. The molecular weight excluding hydrogens is 216 g/mol. The van der Waals surface area contributed by atoms with Crippen LogP contribution in [0, 0.1) is 29.6 Å². The third-order valence-electron chi connectivity index (χ3n) is 5.52. The van der Waals surface area contributed by atoms with Gasteiger partial charge >= 0.3 is 0 Å². The first-order valence-electron chi connectivity index (χ1n) is 7.75. The van der Waals surface area contributed by atoms with E-state index in [1.807, 2.05) is 0 Å². The van der Waals surface area contributed by atoms with Crippen molar-refractivity contribution in [3.05, 3.63) is 35.5 Å². The highest BCUT2D eigenvalue weighted by Gasteiger charge is 2.41. The Morgan fingerprint density at radius 3 is 2.83 bits per heavy atom.